The fourth-order valence-corrected chi connectivity index (χ4v) is 5.17. The Morgan fingerprint density at radius 2 is 1.38 bits per heavy atom. The Kier molecular flexibility index (Phi) is 7.80. The maximum atomic E-state index is 12.2. The molecule has 0 spiro atoms. The summed E-state index contributed by atoms with van der Waals surface area (Å²) in [5, 5.41) is 26.7. The lowest BCUT2D eigenvalue weighted by molar-refractivity contribution is 0.375. The zero-order valence-electron chi connectivity index (χ0n) is 21.3. The van der Waals surface area contributed by atoms with E-state index >= 15 is 0 Å². The van der Waals surface area contributed by atoms with E-state index in [1.54, 1.807) is 49.4 Å². The monoisotopic (exact) mass is 587 g/mol. The summed E-state index contributed by atoms with van der Waals surface area (Å²) in [6, 6.07) is 13.6. The molecule has 0 bridgehead atoms. The number of nitrogens with two attached hydrogens (primary N) is 1. The van der Waals surface area contributed by atoms with Crippen LogP contribution in [0.2, 0.25) is 0 Å². The molecule has 7 N–H and O–H groups in total. The Labute approximate surface area is 230 Å². The molecule has 0 aliphatic carbocycles. The van der Waals surface area contributed by atoms with Crippen molar-refractivity contribution in [2.45, 2.75) is 23.6 Å². The first-order valence-electron chi connectivity index (χ1n) is 11.4. The maximum absolute atomic E-state index is 12.2. The van der Waals surface area contributed by atoms with Crippen LogP contribution in [0.4, 0.5) is 28.4 Å². The molecule has 0 saturated carbocycles. The minimum atomic E-state index is -4.94. The summed E-state index contributed by atoms with van der Waals surface area (Å²) in [4.78, 5) is -1.45. The van der Waals surface area contributed by atoms with E-state index in [1.807, 2.05) is 6.92 Å². The van der Waals surface area contributed by atoms with Gasteiger partial charge in [0.25, 0.3) is 10.1 Å². The predicted octanol–water partition coefficient (Wildman–Crippen LogP) is 7.41. The number of hydrogen-bond acceptors (Lipinski definition) is 12. The van der Waals surface area contributed by atoms with Crippen molar-refractivity contribution in [1.29, 1.82) is 0 Å². The van der Waals surface area contributed by atoms with Gasteiger partial charge in [0.05, 0.1) is 28.8 Å². The number of phenols is 1. The molecule has 0 aliphatic rings. The number of methoxy groups -OCH3 is 1. The van der Waals surface area contributed by atoms with Gasteiger partial charge in [-0.05, 0) is 61.2 Å². The molecule has 4 rings (SSSR count). The average molecular weight is 588 g/mol. The first-order valence-corrected chi connectivity index (χ1v) is 14.3. The molecule has 0 saturated heterocycles. The lowest BCUT2D eigenvalue weighted by Gasteiger charge is -2.23. The van der Waals surface area contributed by atoms with Crippen molar-refractivity contribution in [2.75, 3.05) is 12.8 Å². The predicted molar refractivity (Wildman–Crippen MR) is 151 cm³/mol. The van der Waals surface area contributed by atoms with Crippen LogP contribution in [0.25, 0.3) is 10.8 Å². The van der Waals surface area contributed by atoms with Crippen LogP contribution in [0.15, 0.2) is 84.8 Å². The van der Waals surface area contributed by atoms with Gasteiger partial charge in [-0.15, -0.1) is 15.3 Å². The molecule has 210 valence electrons. The lowest BCUT2D eigenvalue weighted by atomic mass is 10.1. The smallest absolute Gasteiger partial charge is 0.296 e. The average Bonchev–Trinajstić information content (AvgIpc) is 2.87. The van der Waals surface area contributed by atoms with E-state index in [9.17, 15) is 31.7 Å². The number of fused-ring (bicyclic) bond motifs is 1. The zero-order chi connectivity index (χ0) is 29.4. The summed E-state index contributed by atoms with van der Waals surface area (Å²) < 4.78 is 69.9. The number of phenolic OH excluding ortho intramolecular Hbond substituents is 1. The number of anilines is 1. The minimum absolute atomic E-state index is 0.187. The third-order valence-corrected chi connectivity index (χ3v) is 7.55. The molecule has 0 atom stereocenters. The molecule has 0 radical (unpaired) electrons. The highest BCUT2D eigenvalue weighted by Crippen LogP contribution is 2.56. The number of nitrogens with zero attached hydrogens (tertiary/aromatic N) is 4. The van der Waals surface area contributed by atoms with Gasteiger partial charge >= 0.3 is 0 Å². The van der Waals surface area contributed by atoms with Gasteiger partial charge in [0, 0.05) is 0 Å². The SMILES string of the molecule is COc1ccc(C)cc1N=Nc1c(S(O)(O)O)cc2cc(S(=O)(=O)O)c(N=Nc3ccc(C)cc3)c(N)c2c1O. The standard InChI is InChI=1S/C25H25N5O8S2/c1-13-4-7-16(8-5-13)27-29-23-19(39(32,33)34)11-15-12-20(40(35,36)37)24(25(31)21(15)22(23)26)30-28-17-10-14(2)6-9-18(17)38-3/h4-12,31,35-37H,26H2,1-3H3,(H,32,33,34). The summed E-state index contributed by atoms with van der Waals surface area (Å²) in [5.74, 6) is -0.453. The van der Waals surface area contributed by atoms with Crippen molar-refractivity contribution in [3.63, 3.8) is 0 Å². The van der Waals surface area contributed by atoms with Gasteiger partial charge in [-0.25, -0.2) is 0 Å². The Bertz CT molecular complexity index is 1780. The van der Waals surface area contributed by atoms with E-state index in [0.717, 1.165) is 23.3 Å². The summed E-state index contributed by atoms with van der Waals surface area (Å²) in [7, 11) is -8.07. The second kappa shape index (κ2) is 10.8. The molecule has 0 fully saturated rings. The molecule has 0 aromatic heterocycles. The normalized spacial score (nSPS) is 13.0. The van der Waals surface area contributed by atoms with Gasteiger partial charge in [-0.2, -0.15) is 13.5 Å². The van der Waals surface area contributed by atoms with Crippen molar-refractivity contribution in [3.8, 4) is 11.5 Å². The molecular formula is C25H25N5O8S2. The molecule has 4 aromatic rings. The highest BCUT2D eigenvalue weighted by Gasteiger charge is 2.29. The van der Waals surface area contributed by atoms with Crippen molar-refractivity contribution in [2.24, 2.45) is 20.5 Å². The summed E-state index contributed by atoms with van der Waals surface area (Å²) >= 11 is 0. The minimum Gasteiger partial charge on any atom is -0.505 e. The van der Waals surface area contributed by atoms with E-state index in [4.69, 9.17) is 10.5 Å². The first kappa shape index (κ1) is 28.9. The van der Waals surface area contributed by atoms with Crippen LogP contribution in [0.1, 0.15) is 11.1 Å². The van der Waals surface area contributed by atoms with Crippen molar-refractivity contribution >= 4 is 60.2 Å². The molecule has 0 heterocycles. The quantitative estimate of drug-likeness (QED) is 0.0718. The number of rotatable bonds is 7. The molecule has 13 nitrogen and oxygen atoms in total. The molecule has 0 aliphatic heterocycles. The van der Waals surface area contributed by atoms with Gasteiger partial charge in [-0.1, -0.05) is 23.8 Å². The number of aromatic hydroxyl groups is 1. The van der Waals surface area contributed by atoms with Crippen LogP contribution in [-0.2, 0) is 10.1 Å². The Morgan fingerprint density at radius 1 is 0.775 bits per heavy atom. The number of azo groups is 2. The largest absolute Gasteiger partial charge is 0.505 e. The fourth-order valence-electron chi connectivity index (χ4n) is 3.82. The van der Waals surface area contributed by atoms with Crippen molar-refractivity contribution < 1.29 is 36.5 Å². The van der Waals surface area contributed by atoms with E-state index in [-0.39, 0.29) is 16.5 Å². The third-order valence-electron chi connectivity index (χ3n) is 5.78. The Hall–Kier alpha value is -4.12. The number of nitrogen functional groups attached to an aromatic ring is 1. The molecule has 0 unspecified atom stereocenters. The van der Waals surface area contributed by atoms with Gasteiger partial charge in [0.1, 0.15) is 38.6 Å². The van der Waals surface area contributed by atoms with Crippen LogP contribution in [0.5, 0.6) is 11.5 Å². The second-order valence-electron chi connectivity index (χ2n) is 8.71. The number of hydrogen-bond donors (Lipinski definition) is 6. The topological polar surface area (TPSA) is 220 Å². The second-order valence-corrected chi connectivity index (χ2v) is 11.6. The third kappa shape index (κ3) is 5.89. The van der Waals surface area contributed by atoms with E-state index in [1.165, 1.54) is 7.11 Å². The van der Waals surface area contributed by atoms with Crippen molar-refractivity contribution in [1.82, 2.24) is 0 Å². The maximum Gasteiger partial charge on any atom is 0.296 e. The van der Waals surface area contributed by atoms with E-state index in [2.05, 4.69) is 20.5 Å². The summed E-state index contributed by atoms with van der Waals surface area (Å²) in [6.07, 6.45) is 0. The van der Waals surface area contributed by atoms with Crippen molar-refractivity contribution in [3.05, 3.63) is 65.7 Å². The Morgan fingerprint density at radius 3 is 1.98 bits per heavy atom. The Balaban J connectivity index is 2.01. The summed E-state index contributed by atoms with van der Waals surface area (Å²) in [6.45, 7) is 3.66. The molecule has 4 aromatic carbocycles. The number of aryl methyl sites for hydroxylation is 2. The van der Waals surface area contributed by atoms with Crippen LogP contribution >= 0.6 is 10.9 Å². The summed E-state index contributed by atoms with van der Waals surface area (Å²) in [5.41, 5.74) is 7.09. The number of benzene rings is 4. The van der Waals surface area contributed by atoms with Crippen LogP contribution in [0, 0.1) is 13.8 Å². The molecule has 40 heavy (non-hydrogen) atoms. The highest BCUT2D eigenvalue weighted by molar-refractivity contribution is 8.19. The molecule has 0 amide bonds. The first-order chi connectivity index (χ1) is 18.7. The lowest BCUT2D eigenvalue weighted by Crippen LogP contribution is -2.03. The van der Waals surface area contributed by atoms with Crippen LogP contribution in [-0.4, -0.2) is 38.8 Å². The van der Waals surface area contributed by atoms with E-state index in [0.29, 0.717) is 11.4 Å². The van der Waals surface area contributed by atoms with Crippen LogP contribution in [0.3, 0.4) is 0 Å². The number of ether oxygens (including phenoxy) is 1. The zero-order valence-corrected chi connectivity index (χ0v) is 23.0. The van der Waals surface area contributed by atoms with Gasteiger partial charge in [-0.3, -0.25) is 4.55 Å². The van der Waals surface area contributed by atoms with Crippen LogP contribution < -0.4 is 10.5 Å². The fraction of sp³-hybridized carbons (Fsp3) is 0.120. The molecule has 15 heteroatoms. The van der Waals surface area contributed by atoms with Gasteiger partial charge < -0.3 is 29.2 Å². The highest BCUT2D eigenvalue weighted by atomic mass is 32.3. The van der Waals surface area contributed by atoms with Gasteiger partial charge in [0.15, 0.2) is 5.75 Å². The van der Waals surface area contributed by atoms with Gasteiger partial charge in [0.2, 0.25) is 0 Å². The molecular weight excluding hydrogens is 562 g/mol. The van der Waals surface area contributed by atoms with E-state index < -0.39 is 53.6 Å².